The van der Waals surface area contributed by atoms with Gasteiger partial charge in [-0.05, 0) is 112 Å². The van der Waals surface area contributed by atoms with E-state index in [-0.39, 0.29) is 48.6 Å². The molecule has 3 aromatic carbocycles. The number of aromatic carboxylic acids is 1. The molecular formula is C39H42F3N5O6. The summed E-state index contributed by atoms with van der Waals surface area (Å²) in [5.74, 6) is -2.34. The van der Waals surface area contributed by atoms with E-state index < -0.39 is 40.9 Å². The number of nitrogens with one attached hydrogen (secondary N) is 2. The minimum absolute atomic E-state index is 0.0139. The van der Waals surface area contributed by atoms with Crippen molar-refractivity contribution in [1.29, 1.82) is 0 Å². The average molecular weight is 734 g/mol. The first kappa shape index (κ1) is 38.8. The van der Waals surface area contributed by atoms with Crippen LogP contribution in [0.3, 0.4) is 0 Å². The molecule has 0 radical (unpaired) electrons. The second-order valence-corrected chi connectivity index (χ2v) is 14.4. The molecule has 3 N–H and O–H groups in total. The van der Waals surface area contributed by atoms with Crippen LogP contribution in [0.2, 0.25) is 0 Å². The largest absolute Gasteiger partial charge is 0.478 e. The molecule has 1 heterocycles. The van der Waals surface area contributed by atoms with Crippen LogP contribution in [-0.4, -0.2) is 53.5 Å². The SMILES string of the molecule is CC(C)(C)OC(=O)NCC1CCC(C(=O)C[C@@H](Cc2ccc(-c3ccc(C(=O)O)c(C(F)(F)F)c3)cc2)C(=O)Nc2ccc(C3=NCN=N3)cc2)CC1. The summed E-state index contributed by atoms with van der Waals surface area (Å²) in [4.78, 5) is 55.1. The highest BCUT2D eigenvalue weighted by molar-refractivity contribution is 6.01. The second-order valence-electron chi connectivity index (χ2n) is 14.4. The Kier molecular flexibility index (Phi) is 12.1. The molecule has 2 amide bonds. The maximum Gasteiger partial charge on any atom is 0.417 e. The minimum atomic E-state index is -4.86. The summed E-state index contributed by atoms with van der Waals surface area (Å²) in [7, 11) is 0. The van der Waals surface area contributed by atoms with Gasteiger partial charge in [-0.15, -0.1) is 5.11 Å². The molecular weight excluding hydrogens is 691 g/mol. The molecule has 14 heteroatoms. The van der Waals surface area contributed by atoms with Crippen LogP contribution >= 0.6 is 0 Å². The molecule has 0 saturated heterocycles. The fraction of sp³-hybridized carbons (Fsp3) is 0.410. The van der Waals surface area contributed by atoms with Gasteiger partial charge in [0.05, 0.1) is 11.1 Å². The van der Waals surface area contributed by atoms with E-state index in [0.717, 1.165) is 30.5 Å². The quantitative estimate of drug-likeness (QED) is 0.170. The van der Waals surface area contributed by atoms with Gasteiger partial charge in [0, 0.05) is 36.1 Å². The molecule has 0 unspecified atom stereocenters. The van der Waals surface area contributed by atoms with Gasteiger partial charge in [0.15, 0.2) is 12.5 Å². The van der Waals surface area contributed by atoms with Crippen LogP contribution in [0.5, 0.6) is 0 Å². The Balaban J connectivity index is 1.28. The molecule has 1 aliphatic heterocycles. The van der Waals surface area contributed by atoms with Crippen molar-refractivity contribution < 1.29 is 42.2 Å². The first-order chi connectivity index (χ1) is 25.1. The molecule has 0 bridgehead atoms. The number of alkyl halides is 3. The molecule has 53 heavy (non-hydrogen) atoms. The highest BCUT2D eigenvalue weighted by Gasteiger charge is 2.36. The van der Waals surface area contributed by atoms with Crippen LogP contribution in [0, 0.1) is 17.8 Å². The Hall–Kier alpha value is -5.40. The lowest BCUT2D eigenvalue weighted by Gasteiger charge is -2.29. The van der Waals surface area contributed by atoms with E-state index in [0.29, 0.717) is 42.0 Å². The van der Waals surface area contributed by atoms with Crippen LogP contribution in [0.1, 0.15) is 79.9 Å². The number of amides is 2. The molecule has 11 nitrogen and oxygen atoms in total. The fourth-order valence-electron chi connectivity index (χ4n) is 6.48. The highest BCUT2D eigenvalue weighted by atomic mass is 19.4. The van der Waals surface area contributed by atoms with Crippen molar-refractivity contribution in [2.75, 3.05) is 18.5 Å². The summed E-state index contributed by atoms with van der Waals surface area (Å²) in [5, 5.41) is 22.8. The lowest BCUT2D eigenvalue weighted by atomic mass is 9.77. The topological polar surface area (TPSA) is 159 Å². The number of nitrogens with zero attached hydrogens (tertiary/aromatic N) is 3. The first-order valence-corrected chi connectivity index (χ1v) is 17.4. The smallest absolute Gasteiger partial charge is 0.417 e. The van der Waals surface area contributed by atoms with Crippen LogP contribution < -0.4 is 10.6 Å². The Morgan fingerprint density at radius 2 is 1.53 bits per heavy atom. The standard InChI is InChI=1S/C39H42F3N5O6/c1-38(2,3)53-37(52)43-21-24-6-10-26(11-7-24)33(48)20-29(35(49)46-30-15-12-27(13-16-30)34-44-22-45-47-34)18-23-4-8-25(9-5-23)28-14-17-31(36(50)51)32(19-28)39(40,41)42/h4-5,8-9,12-17,19,24,26,29H,6-7,10-11,18,20-22H2,1-3H3,(H,43,52)(H,46,49)(H,50,51)/t24?,26?,29-/m1/s1. The number of halogens is 3. The van der Waals surface area contributed by atoms with Crippen molar-refractivity contribution in [1.82, 2.24) is 5.32 Å². The van der Waals surface area contributed by atoms with E-state index in [1.54, 1.807) is 69.3 Å². The van der Waals surface area contributed by atoms with Gasteiger partial charge in [-0.2, -0.15) is 18.3 Å². The molecule has 2 aliphatic rings. The van der Waals surface area contributed by atoms with Gasteiger partial charge in [0.1, 0.15) is 11.4 Å². The van der Waals surface area contributed by atoms with Gasteiger partial charge in [-0.25, -0.2) is 14.6 Å². The predicted molar refractivity (Wildman–Crippen MR) is 192 cm³/mol. The Bertz CT molecular complexity index is 1880. The van der Waals surface area contributed by atoms with E-state index in [9.17, 15) is 37.5 Å². The Morgan fingerprint density at radius 3 is 2.11 bits per heavy atom. The summed E-state index contributed by atoms with van der Waals surface area (Å²) < 4.78 is 46.2. The molecule has 0 aromatic heterocycles. The van der Waals surface area contributed by atoms with E-state index in [1.807, 2.05) is 0 Å². The minimum Gasteiger partial charge on any atom is -0.478 e. The summed E-state index contributed by atoms with van der Waals surface area (Å²) in [6.07, 6.45) is -2.42. The molecule has 1 fully saturated rings. The lowest BCUT2D eigenvalue weighted by Crippen LogP contribution is -2.37. The van der Waals surface area contributed by atoms with E-state index in [4.69, 9.17) is 4.74 Å². The zero-order chi connectivity index (χ0) is 38.3. The number of hydrogen-bond donors (Lipinski definition) is 3. The number of alkyl carbamates (subject to hydrolysis) is 1. The van der Waals surface area contributed by atoms with Crippen molar-refractivity contribution in [3.8, 4) is 11.1 Å². The summed E-state index contributed by atoms with van der Waals surface area (Å²) in [6.45, 7) is 6.10. The number of azo groups is 1. The average Bonchev–Trinajstić information content (AvgIpc) is 3.65. The Labute approximate surface area is 305 Å². The van der Waals surface area contributed by atoms with Gasteiger partial charge < -0.3 is 20.5 Å². The number of carboxylic acids is 1. The number of rotatable bonds is 12. The van der Waals surface area contributed by atoms with Gasteiger partial charge in [-0.3, -0.25) is 9.59 Å². The lowest BCUT2D eigenvalue weighted by molar-refractivity contribution is -0.138. The van der Waals surface area contributed by atoms with Crippen LogP contribution in [0.25, 0.3) is 11.1 Å². The molecule has 0 spiro atoms. The van der Waals surface area contributed by atoms with Crippen molar-refractivity contribution in [2.45, 2.75) is 71.1 Å². The number of carbonyl (C=O) groups excluding carboxylic acids is 3. The third-order valence-electron chi connectivity index (χ3n) is 9.24. The second kappa shape index (κ2) is 16.5. The number of ketones is 1. The number of anilines is 1. The zero-order valence-electron chi connectivity index (χ0n) is 29.7. The van der Waals surface area contributed by atoms with E-state index >= 15 is 0 Å². The van der Waals surface area contributed by atoms with Gasteiger partial charge >= 0.3 is 18.2 Å². The molecule has 1 saturated carbocycles. The van der Waals surface area contributed by atoms with E-state index in [2.05, 4.69) is 25.9 Å². The predicted octanol–water partition coefficient (Wildman–Crippen LogP) is 8.33. The monoisotopic (exact) mass is 733 g/mol. The van der Waals surface area contributed by atoms with E-state index in [1.165, 1.54) is 6.07 Å². The summed E-state index contributed by atoms with van der Waals surface area (Å²) in [6, 6.07) is 16.6. The molecule has 1 aliphatic carbocycles. The van der Waals surface area contributed by atoms with Crippen molar-refractivity contribution in [2.24, 2.45) is 33.0 Å². The van der Waals surface area contributed by atoms with Gasteiger partial charge in [0.25, 0.3) is 0 Å². The molecule has 3 aromatic rings. The number of ether oxygens (including phenoxy) is 1. The van der Waals surface area contributed by atoms with Crippen LogP contribution in [0.15, 0.2) is 82.0 Å². The van der Waals surface area contributed by atoms with Crippen molar-refractivity contribution >= 4 is 35.3 Å². The number of Topliss-reactive ketones (excluding diaryl/α,β-unsaturated/α-hetero) is 1. The number of aliphatic imine (C=N–C) groups is 1. The number of carbonyl (C=O) groups is 4. The first-order valence-electron chi connectivity index (χ1n) is 17.4. The van der Waals surface area contributed by atoms with Crippen LogP contribution in [-0.2, 0) is 26.9 Å². The zero-order valence-corrected chi connectivity index (χ0v) is 29.7. The van der Waals surface area contributed by atoms with Crippen molar-refractivity contribution in [3.63, 3.8) is 0 Å². The number of hydrogen-bond acceptors (Lipinski definition) is 8. The Morgan fingerprint density at radius 1 is 0.887 bits per heavy atom. The maximum absolute atomic E-state index is 13.8. The van der Waals surface area contributed by atoms with Crippen molar-refractivity contribution in [3.05, 3.63) is 89.0 Å². The van der Waals surface area contributed by atoms with Crippen LogP contribution in [0.4, 0.5) is 23.7 Å². The van der Waals surface area contributed by atoms with Gasteiger partial charge in [-0.1, -0.05) is 30.3 Å². The molecule has 5 rings (SSSR count). The fourth-order valence-corrected chi connectivity index (χ4v) is 6.48. The number of carboxylic acid groups (broad SMARTS) is 1. The molecule has 1 atom stereocenters. The summed E-state index contributed by atoms with van der Waals surface area (Å²) >= 11 is 0. The molecule has 280 valence electrons. The third-order valence-corrected chi connectivity index (χ3v) is 9.24. The normalized spacial score (nSPS) is 17.8. The summed E-state index contributed by atoms with van der Waals surface area (Å²) in [5.41, 5.74) is -0.119. The number of amidine groups is 1. The highest BCUT2D eigenvalue weighted by Crippen LogP contribution is 2.36. The van der Waals surface area contributed by atoms with Gasteiger partial charge in [0.2, 0.25) is 5.91 Å². The number of benzene rings is 3. The third kappa shape index (κ3) is 10.8. The maximum atomic E-state index is 13.8.